The number of rotatable bonds is 5. The highest BCUT2D eigenvalue weighted by Gasteiger charge is 2.15. The summed E-state index contributed by atoms with van der Waals surface area (Å²) in [5.41, 5.74) is 1.75. The first-order chi connectivity index (χ1) is 12.7. The van der Waals surface area contributed by atoms with Gasteiger partial charge in [0.25, 0.3) is 0 Å². The Morgan fingerprint density at radius 3 is 1.31 bits per heavy atom. The van der Waals surface area contributed by atoms with E-state index in [1.165, 1.54) is 0 Å². The molecule has 4 aromatic rings. The minimum atomic E-state index is -0.339. The lowest BCUT2D eigenvalue weighted by Gasteiger charge is -2.05. The van der Waals surface area contributed by atoms with Crippen molar-refractivity contribution in [2.75, 3.05) is 0 Å². The molecule has 26 heavy (non-hydrogen) atoms. The molecular formula is C24H18O2. The van der Waals surface area contributed by atoms with Crippen LogP contribution in [0.3, 0.4) is 0 Å². The van der Waals surface area contributed by atoms with Crippen molar-refractivity contribution in [2.45, 2.75) is 12.8 Å². The first-order valence-corrected chi connectivity index (χ1v) is 8.70. The van der Waals surface area contributed by atoms with E-state index in [-0.39, 0.29) is 24.4 Å². The molecular weight excluding hydrogens is 320 g/mol. The number of hydrogen-bond acceptors (Lipinski definition) is 2. The molecule has 0 saturated heterocycles. The Morgan fingerprint density at radius 1 is 0.500 bits per heavy atom. The molecule has 4 rings (SSSR count). The summed E-state index contributed by atoms with van der Waals surface area (Å²) in [7, 11) is 0. The first kappa shape index (κ1) is 16.2. The molecule has 0 spiro atoms. The summed E-state index contributed by atoms with van der Waals surface area (Å²) in [6.45, 7) is 0. The number of hydrogen-bond donors (Lipinski definition) is 0. The van der Waals surface area contributed by atoms with Gasteiger partial charge >= 0.3 is 0 Å². The lowest BCUT2D eigenvalue weighted by molar-refractivity contribution is -0.135. The van der Waals surface area contributed by atoms with Gasteiger partial charge in [-0.05, 0) is 32.7 Å². The van der Waals surface area contributed by atoms with Gasteiger partial charge in [0.05, 0.1) is 0 Å². The second-order valence-corrected chi connectivity index (χ2v) is 6.56. The van der Waals surface area contributed by atoms with Crippen molar-refractivity contribution in [3.63, 3.8) is 0 Å². The van der Waals surface area contributed by atoms with E-state index >= 15 is 0 Å². The smallest absolute Gasteiger partial charge is 0.203 e. The molecule has 0 aliphatic rings. The third-order valence-corrected chi connectivity index (χ3v) is 4.67. The van der Waals surface area contributed by atoms with Crippen LogP contribution in [0, 0.1) is 0 Å². The van der Waals surface area contributed by atoms with E-state index in [0.29, 0.717) is 0 Å². The Morgan fingerprint density at radius 2 is 0.885 bits per heavy atom. The van der Waals surface area contributed by atoms with E-state index in [4.69, 9.17) is 0 Å². The molecule has 0 atom stereocenters. The molecule has 0 heterocycles. The van der Waals surface area contributed by atoms with Gasteiger partial charge in [0.1, 0.15) is 0 Å². The van der Waals surface area contributed by atoms with Crippen LogP contribution in [0.1, 0.15) is 11.1 Å². The summed E-state index contributed by atoms with van der Waals surface area (Å²) in [5.74, 6) is -0.679. The Bertz CT molecular complexity index is 1030. The normalized spacial score (nSPS) is 10.9. The maximum Gasteiger partial charge on any atom is 0.203 e. The number of Topliss-reactive ketones (excluding diaryl/α,β-unsaturated/α-hetero) is 2. The van der Waals surface area contributed by atoms with Crippen molar-refractivity contribution in [2.24, 2.45) is 0 Å². The van der Waals surface area contributed by atoms with Gasteiger partial charge < -0.3 is 0 Å². The second kappa shape index (κ2) is 6.93. The lowest BCUT2D eigenvalue weighted by atomic mass is 9.98. The molecule has 126 valence electrons. The van der Waals surface area contributed by atoms with Gasteiger partial charge in [-0.2, -0.15) is 0 Å². The first-order valence-electron chi connectivity index (χ1n) is 8.70. The SMILES string of the molecule is O=C(Cc1ccc2ccccc2c1)C(=O)Cc1ccc2ccccc2c1. The molecule has 0 amide bonds. The van der Waals surface area contributed by atoms with Crippen LogP contribution in [0.25, 0.3) is 21.5 Å². The zero-order valence-electron chi connectivity index (χ0n) is 14.3. The maximum absolute atomic E-state index is 12.4. The summed E-state index contributed by atoms with van der Waals surface area (Å²) < 4.78 is 0. The number of benzene rings is 4. The molecule has 0 radical (unpaired) electrons. The molecule has 0 fully saturated rings. The summed E-state index contributed by atoms with van der Waals surface area (Å²) >= 11 is 0. The molecule has 0 aliphatic heterocycles. The van der Waals surface area contributed by atoms with E-state index in [1.54, 1.807) is 0 Å². The fraction of sp³-hybridized carbons (Fsp3) is 0.0833. The predicted octanol–water partition coefficient (Wildman–Crippen LogP) is 4.92. The third-order valence-electron chi connectivity index (χ3n) is 4.67. The number of carbonyl (C=O) groups is 2. The minimum Gasteiger partial charge on any atom is -0.291 e. The molecule has 2 heteroatoms. The average molecular weight is 338 g/mol. The van der Waals surface area contributed by atoms with E-state index < -0.39 is 0 Å². The van der Waals surface area contributed by atoms with Crippen LogP contribution >= 0.6 is 0 Å². The van der Waals surface area contributed by atoms with Gasteiger partial charge in [-0.15, -0.1) is 0 Å². The Hall–Kier alpha value is -3.26. The highest BCUT2D eigenvalue weighted by Crippen LogP contribution is 2.18. The van der Waals surface area contributed by atoms with Gasteiger partial charge in [0, 0.05) is 12.8 Å². The van der Waals surface area contributed by atoms with Crippen molar-refractivity contribution in [1.82, 2.24) is 0 Å². The highest BCUT2D eigenvalue weighted by atomic mass is 16.2. The Kier molecular flexibility index (Phi) is 4.32. The Labute approximate surface area is 152 Å². The van der Waals surface area contributed by atoms with E-state index in [0.717, 1.165) is 32.7 Å². The fourth-order valence-electron chi connectivity index (χ4n) is 3.27. The summed E-state index contributed by atoms with van der Waals surface area (Å²) in [4.78, 5) is 24.7. The third kappa shape index (κ3) is 3.40. The van der Waals surface area contributed by atoms with Crippen LogP contribution in [-0.2, 0) is 22.4 Å². The molecule has 4 aromatic carbocycles. The molecule has 0 aromatic heterocycles. The molecule has 2 nitrogen and oxygen atoms in total. The predicted molar refractivity (Wildman–Crippen MR) is 105 cm³/mol. The zero-order chi connectivity index (χ0) is 17.9. The molecule has 0 saturated carbocycles. The van der Waals surface area contributed by atoms with Crippen LogP contribution in [0.4, 0.5) is 0 Å². The van der Waals surface area contributed by atoms with Crippen LogP contribution in [0.2, 0.25) is 0 Å². The fourth-order valence-corrected chi connectivity index (χ4v) is 3.27. The lowest BCUT2D eigenvalue weighted by Crippen LogP contribution is -2.18. The summed E-state index contributed by atoms with van der Waals surface area (Å²) in [6, 6.07) is 27.8. The largest absolute Gasteiger partial charge is 0.291 e. The van der Waals surface area contributed by atoms with Gasteiger partial charge in [-0.25, -0.2) is 0 Å². The molecule has 0 unspecified atom stereocenters. The topological polar surface area (TPSA) is 34.1 Å². The van der Waals surface area contributed by atoms with Crippen molar-refractivity contribution in [1.29, 1.82) is 0 Å². The zero-order valence-corrected chi connectivity index (χ0v) is 14.3. The number of carbonyl (C=O) groups excluding carboxylic acids is 2. The minimum absolute atomic E-state index is 0.150. The number of fused-ring (bicyclic) bond motifs is 2. The van der Waals surface area contributed by atoms with Gasteiger partial charge in [-0.3, -0.25) is 9.59 Å². The summed E-state index contributed by atoms with van der Waals surface area (Å²) in [6.07, 6.45) is 0.300. The number of ketones is 2. The molecule has 0 bridgehead atoms. The maximum atomic E-state index is 12.4. The monoisotopic (exact) mass is 338 g/mol. The average Bonchev–Trinajstić information content (AvgIpc) is 2.67. The van der Waals surface area contributed by atoms with Crippen LogP contribution in [-0.4, -0.2) is 11.6 Å². The standard InChI is InChI=1S/C24H18O2/c25-23(15-17-9-11-19-5-1-3-7-21(19)13-17)24(26)16-18-10-12-20-6-2-4-8-22(20)14-18/h1-14H,15-16H2. The van der Waals surface area contributed by atoms with Gasteiger partial charge in [-0.1, -0.05) is 84.9 Å². The van der Waals surface area contributed by atoms with Crippen molar-refractivity contribution < 1.29 is 9.59 Å². The van der Waals surface area contributed by atoms with Gasteiger partial charge in [0.2, 0.25) is 11.6 Å². The molecule has 0 aliphatic carbocycles. The molecule has 0 N–H and O–H groups in total. The van der Waals surface area contributed by atoms with Gasteiger partial charge in [0.15, 0.2) is 0 Å². The van der Waals surface area contributed by atoms with Crippen LogP contribution in [0.5, 0.6) is 0 Å². The quantitative estimate of drug-likeness (QED) is 0.484. The van der Waals surface area contributed by atoms with E-state index in [1.807, 2.05) is 84.9 Å². The van der Waals surface area contributed by atoms with Crippen molar-refractivity contribution in [3.8, 4) is 0 Å². The van der Waals surface area contributed by atoms with Crippen molar-refractivity contribution in [3.05, 3.63) is 96.1 Å². The van der Waals surface area contributed by atoms with Crippen molar-refractivity contribution >= 4 is 33.1 Å². The second-order valence-electron chi connectivity index (χ2n) is 6.56. The van der Waals surface area contributed by atoms with Crippen LogP contribution < -0.4 is 0 Å². The van der Waals surface area contributed by atoms with E-state index in [9.17, 15) is 9.59 Å². The Balaban J connectivity index is 1.48. The van der Waals surface area contributed by atoms with E-state index in [2.05, 4.69) is 0 Å². The summed E-state index contributed by atoms with van der Waals surface area (Å²) in [5, 5.41) is 4.43. The van der Waals surface area contributed by atoms with Crippen LogP contribution in [0.15, 0.2) is 84.9 Å². The highest BCUT2D eigenvalue weighted by molar-refractivity contribution is 6.38.